The minimum absolute atomic E-state index is 0.0361. The second-order valence-electron chi connectivity index (χ2n) is 8.14. The van der Waals surface area contributed by atoms with Crippen molar-refractivity contribution in [1.82, 2.24) is 4.90 Å². The maximum Gasteiger partial charge on any atom is 0.410 e. The summed E-state index contributed by atoms with van der Waals surface area (Å²) >= 11 is 0. The molecule has 0 aromatic carbocycles. The summed E-state index contributed by atoms with van der Waals surface area (Å²) in [6.07, 6.45) is 4.46. The van der Waals surface area contributed by atoms with E-state index in [1.54, 1.807) is 4.90 Å². The van der Waals surface area contributed by atoms with Gasteiger partial charge >= 0.3 is 12.1 Å². The maximum atomic E-state index is 12.1. The first-order chi connectivity index (χ1) is 11.8. The monoisotopic (exact) mass is 355 g/mol. The molecule has 2 rings (SSSR count). The van der Waals surface area contributed by atoms with Crippen LogP contribution in [0.3, 0.4) is 0 Å². The summed E-state index contributed by atoms with van der Waals surface area (Å²) in [4.78, 5) is 25.6. The zero-order chi connectivity index (χ0) is 18.4. The topological polar surface area (TPSA) is 65.1 Å². The predicted octanol–water partition coefficient (Wildman–Crippen LogP) is 3.38. The van der Waals surface area contributed by atoms with Crippen LogP contribution in [0.5, 0.6) is 0 Å². The van der Waals surface area contributed by atoms with Crippen LogP contribution in [-0.2, 0) is 19.0 Å². The van der Waals surface area contributed by atoms with E-state index in [2.05, 4.69) is 0 Å². The number of hydrogen-bond donors (Lipinski definition) is 0. The van der Waals surface area contributed by atoms with Gasteiger partial charge in [-0.2, -0.15) is 0 Å². The number of carbonyl (C=O) groups is 2. The summed E-state index contributed by atoms with van der Waals surface area (Å²) in [5.41, 5.74) is -0.455. The molecule has 0 aromatic heterocycles. The number of carbonyl (C=O) groups excluding carboxylic acids is 2. The Labute approximate surface area is 151 Å². The van der Waals surface area contributed by atoms with Gasteiger partial charge in [0.1, 0.15) is 5.60 Å². The average molecular weight is 355 g/mol. The predicted molar refractivity (Wildman–Crippen MR) is 94.2 cm³/mol. The third kappa shape index (κ3) is 6.49. The van der Waals surface area contributed by atoms with Crippen LogP contribution in [-0.4, -0.2) is 55.0 Å². The van der Waals surface area contributed by atoms with Gasteiger partial charge in [-0.25, -0.2) is 4.79 Å². The van der Waals surface area contributed by atoms with E-state index in [1.807, 2.05) is 27.7 Å². The van der Waals surface area contributed by atoms with E-state index in [-0.39, 0.29) is 24.1 Å². The minimum Gasteiger partial charge on any atom is -0.466 e. The van der Waals surface area contributed by atoms with Crippen LogP contribution in [0.2, 0.25) is 0 Å². The van der Waals surface area contributed by atoms with Gasteiger partial charge in [-0.3, -0.25) is 4.79 Å². The highest BCUT2D eigenvalue weighted by molar-refractivity contribution is 5.72. The Morgan fingerprint density at radius 1 is 1.08 bits per heavy atom. The zero-order valence-electron chi connectivity index (χ0n) is 16.1. The van der Waals surface area contributed by atoms with Crippen LogP contribution in [0.25, 0.3) is 0 Å². The summed E-state index contributed by atoms with van der Waals surface area (Å²) in [7, 11) is 0. The first-order valence-corrected chi connectivity index (χ1v) is 9.54. The standard InChI is InChI=1S/C19H33NO5/c1-5-23-17(21)15-6-8-16(9-7-15)24-13-14-10-11-20(12-14)18(22)25-19(2,3)4/h14-16H,5-13H2,1-4H3/t14-,15?,16?/m1/s1. The summed E-state index contributed by atoms with van der Waals surface area (Å²) in [5, 5.41) is 0. The Morgan fingerprint density at radius 2 is 1.76 bits per heavy atom. The molecule has 1 saturated carbocycles. The number of hydrogen-bond acceptors (Lipinski definition) is 5. The van der Waals surface area contributed by atoms with E-state index < -0.39 is 5.60 Å². The molecule has 144 valence electrons. The van der Waals surface area contributed by atoms with Crippen molar-refractivity contribution in [2.24, 2.45) is 11.8 Å². The lowest BCUT2D eigenvalue weighted by Gasteiger charge is -2.28. The smallest absolute Gasteiger partial charge is 0.410 e. The number of nitrogens with zero attached hydrogens (tertiary/aromatic N) is 1. The second-order valence-corrected chi connectivity index (χ2v) is 8.14. The van der Waals surface area contributed by atoms with Crippen molar-refractivity contribution in [3.8, 4) is 0 Å². The fourth-order valence-corrected chi connectivity index (χ4v) is 3.46. The van der Waals surface area contributed by atoms with Crippen LogP contribution < -0.4 is 0 Å². The van der Waals surface area contributed by atoms with Gasteiger partial charge in [-0.15, -0.1) is 0 Å². The first-order valence-electron chi connectivity index (χ1n) is 9.54. The lowest BCUT2D eigenvalue weighted by atomic mass is 9.87. The molecule has 0 N–H and O–H groups in total. The molecule has 1 heterocycles. The summed E-state index contributed by atoms with van der Waals surface area (Å²) in [5.74, 6) is 0.342. The van der Waals surface area contributed by atoms with E-state index in [1.165, 1.54) is 0 Å². The third-order valence-corrected chi connectivity index (χ3v) is 4.80. The Balaban J connectivity index is 1.65. The Hall–Kier alpha value is -1.30. The molecule has 25 heavy (non-hydrogen) atoms. The van der Waals surface area contributed by atoms with Crippen molar-refractivity contribution in [2.45, 2.75) is 71.5 Å². The molecular formula is C19H33NO5. The number of rotatable bonds is 5. The SMILES string of the molecule is CCOC(=O)C1CCC(OC[C@@H]2CCN(C(=O)OC(C)(C)C)C2)CC1. The molecule has 1 amide bonds. The number of esters is 1. The summed E-state index contributed by atoms with van der Waals surface area (Å²) in [6, 6.07) is 0. The fraction of sp³-hybridized carbons (Fsp3) is 0.895. The van der Waals surface area contributed by atoms with Gasteiger partial charge in [-0.1, -0.05) is 0 Å². The van der Waals surface area contributed by atoms with Crippen LogP contribution in [0.1, 0.15) is 59.8 Å². The van der Waals surface area contributed by atoms with Crippen LogP contribution >= 0.6 is 0 Å². The molecule has 0 bridgehead atoms. The highest BCUT2D eigenvalue weighted by Gasteiger charge is 2.32. The fourth-order valence-electron chi connectivity index (χ4n) is 3.46. The Morgan fingerprint density at radius 3 is 2.36 bits per heavy atom. The van der Waals surface area contributed by atoms with Crippen molar-refractivity contribution in [2.75, 3.05) is 26.3 Å². The normalized spacial score (nSPS) is 27.2. The molecule has 0 spiro atoms. The molecule has 6 heteroatoms. The molecule has 0 unspecified atom stereocenters. The van der Waals surface area contributed by atoms with Crippen molar-refractivity contribution < 1.29 is 23.8 Å². The number of amides is 1. The quantitative estimate of drug-likeness (QED) is 0.707. The van der Waals surface area contributed by atoms with Gasteiger partial charge in [0.05, 0.1) is 25.2 Å². The van der Waals surface area contributed by atoms with E-state index in [0.717, 1.165) is 38.6 Å². The van der Waals surface area contributed by atoms with Gasteiger partial charge < -0.3 is 19.1 Å². The van der Waals surface area contributed by atoms with E-state index in [0.29, 0.717) is 25.7 Å². The maximum absolute atomic E-state index is 12.1. The molecule has 6 nitrogen and oxygen atoms in total. The molecule has 1 saturated heterocycles. The van der Waals surface area contributed by atoms with Crippen LogP contribution in [0.15, 0.2) is 0 Å². The Bertz CT molecular complexity index is 451. The van der Waals surface area contributed by atoms with Crippen LogP contribution in [0, 0.1) is 11.8 Å². The van der Waals surface area contributed by atoms with Gasteiger partial charge in [0.2, 0.25) is 0 Å². The lowest BCUT2D eigenvalue weighted by molar-refractivity contribution is -0.150. The molecule has 0 aromatic rings. The second kappa shape index (κ2) is 8.88. The van der Waals surface area contributed by atoms with Gasteiger partial charge in [0.25, 0.3) is 0 Å². The van der Waals surface area contributed by atoms with Gasteiger partial charge in [0.15, 0.2) is 0 Å². The number of ether oxygens (including phenoxy) is 3. The van der Waals surface area contributed by atoms with Crippen molar-refractivity contribution >= 4 is 12.1 Å². The summed E-state index contributed by atoms with van der Waals surface area (Å²) in [6.45, 7) is 10.1. The van der Waals surface area contributed by atoms with Gasteiger partial charge in [0, 0.05) is 19.0 Å². The first kappa shape index (κ1) is 20.0. The van der Waals surface area contributed by atoms with E-state index in [4.69, 9.17) is 14.2 Å². The third-order valence-electron chi connectivity index (χ3n) is 4.80. The molecule has 2 fully saturated rings. The highest BCUT2D eigenvalue weighted by Crippen LogP contribution is 2.28. The molecular weight excluding hydrogens is 322 g/mol. The zero-order valence-corrected chi connectivity index (χ0v) is 16.1. The largest absolute Gasteiger partial charge is 0.466 e. The molecule has 0 radical (unpaired) electrons. The summed E-state index contributed by atoms with van der Waals surface area (Å²) < 4.78 is 16.6. The molecule has 1 atom stereocenters. The average Bonchev–Trinajstić information content (AvgIpc) is 3.01. The molecule has 1 aliphatic heterocycles. The highest BCUT2D eigenvalue weighted by atomic mass is 16.6. The Kier molecular flexibility index (Phi) is 7.11. The van der Waals surface area contributed by atoms with Crippen LogP contribution in [0.4, 0.5) is 4.79 Å². The van der Waals surface area contributed by atoms with Crippen molar-refractivity contribution in [3.63, 3.8) is 0 Å². The minimum atomic E-state index is -0.455. The lowest BCUT2D eigenvalue weighted by Crippen LogP contribution is -2.35. The number of likely N-dealkylation sites (tertiary alicyclic amines) is 1. The van der Waals surface area contributed by atoms with E-state index in [9.17, 15) is 9.59 Å². The van der Waals surface area contributed by atoms with E-state index >= 15 is 0 Å². The molecule has 1 aliphatic carbocycles. The van der Waals surface area contributed by atoms with Gasteiger partial charge in [-0.05, 0) is 59.8 Å². The molecule has 2 aliphatic rings. The van der Waals surface area contributed by atoms with Crippen molar-refractivity contribution in [1.29, 1.82) is 0 Å². The van der Waals surface area contributed by atoms with Crippen molar-refractivity contribution in [3.05, 3.63) is 0 Å².